The van der Waals surface area contributed by atoms with Crippen LogP contribution in [-0.2, 0) is 28.5 Å². The van der Waals surface area contributed by atoms with Crippen molar-refractivity contribution in [2.24, 2.45) is 0 Å². The molecule has 6 nitrogen and oxygen atoms in total. The van der Waals surface area contributed by atoms with Crippen molar-refractivity contribution < 1.29 is 28.5 Å². The third-order valence-electron chi connectivity index (χ3n) is 0.880. The number of ether oxygens (including phenoxy) is 5. The molecule has 0 amide bonds. The van der Waals surface area contributed by atoms with E-state index in [1.807, 2.05) is 0 Å². The van der Waals surface area contributed by atoms with Crippen LogP contribution in [0.1, 0.15) is 6.92 Å². The predicted molar refractivity (Wildman–Crippen MR) is 41.5 cm³/mol. The van der Waals surface area contributed by atoms with E-state index >= 15 is 0 Å². The molecule has 0 bridgehead atoms. The second-order valence-electron chi connectivity index (χ2n) is 2.01. The summed E-state index contributed by atoms with van der Waals surface area (Å²) in [5.74, 6) is -0.393. The molecule has 0 aromatic carbocycles. The monoisotopic (exact) mass is 194 g/mol. The minimum Gasteiger partial charge on any atom is -0.439 e. The summed E-state index contributed by atoms with van der Waals surface area (Å²) in [4.78, 5) is 10.2. The van der Waals surface area contributed by atoms with Crippen molar-refractivity contribution in [2.75, 3.05) is 34.3 Å². The van der Waals surface area contributed by atoms with Crippen LogP contribution in [0.5, 0.6) is 0 Å². The van der Waals surface area contributed by atoms with Crippen molar-refractivity contribution in [3.63, 3.8) is 0 Å². The Morgan fingerprint density at radius 3 is 2.08 bits per heavy atom. The van der Waals surface area contributed by atoms with Gasteiger partial charge in [0.1, 0.15) is 6.79 Å². The Morgan fingerprint density at radius 1 is 1.00 bits per heavy atom. The van der Waals surface area contributed by atoms with Gasteiger partial charge in [-0.3, -0.25) is 4.79 Å². The Balaban J connectivity index is 2.87. The molecule has 13 heavy (non-hydrogen) atoms. The van der Waals surface area contributed by atoms with E-state index in [1.54, 1.807) is 0 Å². The van der Waals surface area contributed by atoms with Gasteiger partial charge in [0.25, 0.3) is 0 Å². The van der Waals surface area contributed by atoms with Crippen LogP contribution in [0.3, 0.4) is 0 Å². The van der Waals surface area contributed by atoms with Gasteiger partial charge in [-0.05, 0) is 0 Å². The highest BCUT2D eigenvalue weighted by atomic mass is 16.8. The molecule has 0 saturated heterocycles. The standard InChI is InChI=1S/C7H14O6/c1-7(8)13-6-12-5-11-4-10-3-9-2/h3-6H2,1-2H3. The molecule has 0 aromatic heterocycles. The number of rotatable bonds is 8. The zero-order valence-corrected chi connectivity index (χ0v) is 7.78. The van der Waals surface area contributed by atoms with Gasteiger partial charge in [0, 0.05) is 14.0 Å². The Kier molecular flexibility index (Phi) is 8.90. The first-order chi connectivity index (χ1) is 6.27. The van der Waals surface area contributed by atoms with Gasteiger partial charge in [0.2, 0.25) is 0 Å². The Bertz CT molecular complexity index is 126. The molecular formula is C7H14O6. The van der Waals surface area contributed by atoms with Crippen molar-refractivity contribution >= 4 is 5.97 Å². The van der Waals surface area contributed by atoms with Crippen LogP contribution < -0.4 is 0 Å². The number of carbonyl (C=O) groups excluding carboxylic acids is 1. The molecule has 0 atom stereocenters. The number of methoxy groups -OCH3 is 1. The quantitative estimate of drug-likeness (QED) is 0.309. The molecule has 0 spiro atoms. The van der Waals surface area contributed by atoms with E-state index in [0.29, 0.717) is 0 Å². The van der Waals surface area contributed by atoms with E-state index < -0.39 is 5.97 Å². The molecule has 6 heteroatoms. The summed E-state index contributed by atoms with van der Waals surface area (Å²) in [5.41, 5.74) is 0. The van der Waals surface area contributed by atoms with Gasteiger partial charge in [-0.1, -0.05) is 0 Å². The highest BCUT2D eigenvalue weighted by molar-refractivity contribution is 5.65. The summed E-state index contributed by atoms with van der Waals surface area (Å²) >= 11 is 0. The molecule has 0 radical (unpaired) electrons. The van der Waals surface area contributed by atoms with Crippen LogP contribution in [0, 0.1) is 0 Å². The molecule has 0 heterocycles. The van der Waals surface area contributed by atoms with Gasteiger partial charge in [-0.2, -0.15) is 0 Å². The molecule has 0 saturated carbocycles. The van der Waals surface area contributed by atoms with Crippen molar-refractivity contribution in [3.8, 4) is 0 Å². The summed E-state index contributed by atoms with van der Waals surface area (Å²) in [5, 5.41) is 0. The van der Waals surface area contributed by atoms with E-state index in [2.05, 4.69) is 9.47 Å². The normalized spacial score (nSPS) is 10.0. The van der Waals surface area contributed by atoms with E-state index in [9.17, 15) is 4.79 Å². The second kappa shape index (κ2) is 9.40. The number of esters is 1. The average molecular weight is 194 g/mol. The van der Waals surface area contributed by atoms with Gasteiger partial charge in [-0.15, -0.1) is 0 Å². The number of hydrogen-bond acceptors (Lipinski definition) is 6. The van der Waals surface area contributed by atoms with Crippen LogP contribution in [0.15, 0.2) is 0 Å². The largest absolute Gasteiger partial charge is 0.439 e. The molecule has 0 rings (SSSR count). The minimum absolute atomic E-state index is 0.0109. The maximum Gasteiger partial charge on any atom is 0.304 e. The minimum atomic E-state index is -0.393. The highest BCUT2D eigenvalue weighted by Crippen LogP contribution is 1.83. The summed E-state index contributed by atoms with van der Waals surface area (Å²) in [6.07, 6.45) is 0. The smallest absolute Gasteiger partial charge is 0.304 e. The average Bonchev–Trinajstić information content (AvgIpc) is 2.09. The molecule has 0 aliphatic rings. The SMILES string of the molecule is COCOCOCOCOC(C)=O. The molecule has 0 aliphatic carbocycles. The summed E-state index contributed by atoms with van der Waals surface area (Å²) in [7, 11) is 1.51. The van der Waals surface area contributed by atoms with Crippen molar-refractivity contribution in [2.45, 2.75) is 6.92 Å². The molecule has 0 N–H and O–H groups in total. The number of carbonyl (C=O) groups is 1. The fourth-order valence-corrected chi connectivity index (χ4v) is 0.428. The molecule has 0 unspecified atom stereocenters. The number of hydrogen-bond donors (Lipinski definition) is 0. The lowest BCUT2D eigenvalue weighted by atomic mass is 10.8. The lowest BCUT2D eigenvalue weighted by molar-refractivity contribution is -0.191. The predicted octanol–water partition coefficient (Wildman–Crippen LogP) is 0.0757. The fourth-order valence-electron chi connectivity index (χ4n) is 0.428. The summed E-state index contributed by atoms with van der Waals surface area (Å²) < 4.78 is 23.4. The van der Waals surface area contributed by atoms with Gasteiger partial charge < -0.3 is 23.7 Å². The summed E-state index contributed by atoms with van der Waals surface area (Å²) in [6, 6.07) is 0. The van der Waals surface area contributed by atoms with E-state index in [-0.39, 0.29) is 27.2 Å². The van der Waals surface area contributed by atoms with Gasteiger partial charge >= 0.3 is 5.97 Å². The first-order valence-electron chi connectivity index (χ1n) is 3.63. The molecular weight excluding hydrogens is 180 g/mol. The van der Waals surface area contributed by atoms with E-state index in [0.717, 1.165) is 0 Å². The maximum absolute atomic E-state index is 10.2. The van der Waals surface area contributed by atoms with E-state index in [1.165, 1.54) is 14.0 Å². The third-order valence-corrected chi connectivity index (χ3v) is 0.880. The maximum atomic E-state index is 10.2. The zero-order chi connectivity index (χ0) is 9.94. The van der Waals surface area contributed by atoms with Gasteiger partial charge in [0.05, 0.1) is 0 Å². The van der Waals surface area contributed by atoms with Gasteiger partial charge in [0.15, 0.2) is 20.4 Å². The molecule has 0 fully saturated rings. The third kappa shape index (κ3) is 11.3. The van der Waals surface area contributed by atoms with E-state index in [4.69, 9.17) is 14.2 Å². The van der Waals surface area contributed by atoms with Crippen molar-refractivity contribution in [1.82, 2.24) is 0 Å². The van der Waals surface area contributed by atoms with Gasteiger partial charge in [-0.25, -0.2) is 0 Å². The molecule has 78 valence electrons. The first kappa shape index (κ1) is 12.3. The Hall–Kier alpha value is -0.690. The second-order valence-corrected chi connectivity index (χ2v) is 2.01. The first-order valence-corrected chi connectivity index (χ1v) is 3.63. The van der Waals surface area contributed by atoms with Crippen LogP contribution in [0.2, 0.25) is 0 Å². The Labute approximate surface area is 76.7 Å². The topological polar surface area (TPSA) is 63.2 Å². The molecule has 0 aromatic rings. The van der Waals surface area contributed by atoms with Crippen LogP contribution in [-0.4, -0.2) is 40.3 Å². The Morgan fingerprint density at radius 2 is 1.54 bits per heavy atom. The van der Waals surface area contributed by atoms with Crippen LogP contribution in [0.4, 0.5) is 0 Å². The zero-order valence-electron chi connectivity index (χ0n) is 7.78. The van der Waals surface area contributed by atoms with Crippen LogP contribution in [0.25, 0.3) is 0 Å². The highest BCUT2D eigenvalue weighted by Gasteiger charge is 1.91. The van der Waals surface area contributed by atoms with Crippen LogP contribution >= 0.6 is 0 Å². The molecule has 0 aliphatic heterocycles. The summed E-state index contributed by atoms with van der Waals surface area (Å²) in [6.45, 7) is 1.44. The van der Waals surface area contributed by atoms with Crippen molar-refractivity contribution in [3.05, 3.63) is 0 Å². The lowest BCUT2D eigenvalue weighted by Gasteiger charge is -2.05. The fraction of sp³-hybridized carbons (Fsp3) is 0.857. The lowest BCUT2D eigenvalue weighted by Crippen LogP contribution is -2.09. The van der Waals surface area contributed by atoms with Crippen molar-refractivity contribution in [1.29, 1.82) is 0 Å².